The van der Waals surface area contributed by atoms with Crippen LogP contribution in [0.1, 0.15) is 23.7 Å². The Kier molecular flexibility index (Phi) is 4.91. The normalized spacial score (nSPS) is 10.1. The lowest BCUT2D eigenvalue weighted by Crippen LogP contribution is -2.27. The van der Waals surface area contributed by atoms with Crippen molar-refractivity contribution in [3.63, 3.8) is 0 Å². The molecule has 0 aliphatic carbocycles. The van der Waals surface area contributed by atoms with Gasteiger partial charge in [0, 0.05) is 13.0 Å². The number of anilines is 1. The van der Waals surface area contributed by atoms with Gasteiger partial charge in [-0.05, 0) is 13.0 Å². The van der Waals surface area contributed by atoms with Crippen molar-refractivity contribution in [3.05, 3.63) is 24.2 Å². The number of hydrogen-bond donors (Lipinski definition) is 3. The van der Waals surface area contributed by atoms with Crippen LogP contribution in [0.3, 0.4) is 0 Å². The van der Waals surface area contributed by atoms with E-state index in [0.29, 0.717) is 12.2 Å². The highest BCUT2D eigenvalue weighted by molar-refractivity contribution is 5.94. The number of hydrogen-bond acceptors (Lipinski definition) is 6. The summed E-state index contributed by atoms with van der Waals surface area (Å²) in [6.07, 6.45) is 2.84. The molecule has 0 bridgehead atoms. The van der Waals surface area contributed by atoms with Crippen molar-refractivity contribution in [2.75, 3.05) is 18.5 Å². The molecule has 2 rings (SSSR count). The number of nitrogens with one attached hydrogen (secondary N) is 3. The minimum atomic E-state index is -0.304. The van der Waals surface area contributed by atoms with Crippen LogP contribution in [0.5, 0.6) is 6.01 Å². The Morgan fingerprint density at radius 1 is 1.48 bits per heavy atom. The van der Waals surface area contributed by atoms with Gasteiger partial charge in [-0.2, -0.15) is 4.98 Å². The number of H-pyrrole nitrogens is 1. The van der Waals surface area contributed by atoms with E-state index in [9.17, 15) is 9.59 Å². The molecule has 2 amide bonds. The summed E-state index contributed by atoms with van der Waals surface area (Å²) in [5.41, 5.74) is 0.409. The van der Waals surface area contributed by atoms with E-state index in [1.807, 2.05) is 0 Å². The fourth-order valence-corrected chi connectivity index (χ4v) is 1.48. The van der Waals surface area contributed by atoms with Gasteiger partial charge in [0.25, 0.3) is 5.91 Å². The van der Waals surface area contributed by atoms with Gasteiger partial charge in [-0.15, -0.1) is 5.10 Å². The lowest BCUT2D eigenvalue weighted by molar-refractivity contribution is -0.116. The minimum Gasteiger partial charge on any atom is -0.472 e. The largest absolute Gasteiger partial charge is 0.472 e. The van der Waals surface area contributed by atoms with Crippen LogP contribution in [0.25, 0.3) is 0 Å². The highest BCUT2D eigenvalue weighted by Crippen LogP contribution is 2.05. The van der Waals surface area contributed by atoms with E-state index in [4.69, 9.17) is 9.15 Å². The van der Waals surface area contributed by atoms with Gasteiger partial charge in [-0.3, -0.25) is 14.9 Å². The van der Waals surface area contributed by atoms with Crippen LogP contribution in [0.15, 0.2) is 23.0 Å². The summed E-state index contributed by atoms with van der Waals surface area (Å²) in [6.45, 7) is 2.44. The third-order valence-electron chi connectivity index (χ3n) is 2.42. The van der Waals surface area contributed by atoms with Crippen LogP contribution in [0.2, 0.25) is 0 Å². The van der Waals surface area contributed by atoms with Crippen molar-refractivity contribution in [1.82, 2.24) is 20.5 Å². The summed E-state index contributed by atoms with van der Waals surface area (Å²) in [5.74, 6) is -0.402. The third kappa shape index (κ3) is 4.34. The number of carbonyl (C=O) groups is 2. The molecule has 2 aromatic heterocycles. The van der Waals surface area contributed by atoms with Gasteiger partial charge in [0.05, 0.1) is 18.4 Å². The Morgan fingerprint density at radius 2 is 2.33 bits per heavy atom. The molecule has 2 heterocycles. The van der Waals surface area contributed by atoms with Gasteiger partial charge in [-0.25, -0.2) is 5.10 Å². The van der Waals surface area contributed by atoms with Crippen LogP contribution in [0, 0.1) is 0 Å². The molecule has 0 unspecified atom stereocenters. The highest BCUT2D eigenvalue weighted by Gasteiger charge is 2.10. The molecule has 0 fully saturated rings. The molecular weight excluding hydrogens is 278 g/mol. The van der Waals surface area contributed by atoms with Crippen molar-refractivity contribution in [1.29, 1.82) is 0 Å². The summed E-state index contributed by atoms with van der Waals surface area (Å²) in [7, 11) is 0. The van der Waals surface area contributed by atoms with Crippen molar-refractivity contribution < 1.29 is 18.7 Å². The third-order valence-corrected chi connectivity index (χ3v) is 2.42. The number of carbonyl (C=O) groups excluding carboxylic acids is 2. The van der Waals surface area contributed by atoms with Gasteiger partial charge in [0.1, 0.15) is 6.26 Å². The van der Waals surface area contributed by atoms with Crippen LogP contribution < -0.4 is 15.4 Å². The summed E-state index contributed by atoms with van der Waals surface area (Å²) in [4.78, 5) is 27.1. The maximum absolute atomic E-state index is 11.6. The molecule has 0 aromatic carbocycles. The average Bonchev–Trinajstić information content (AvgIpc) is 3.10. The Balaban J connectivity index is 1.70. The molecule has 0 saturated heterocycles. The van der Waals surface area contributed by atoms with E-state index in [1.165, 1.54) is 12.5 Å². The number of furan rings is 1. The number of rotatable bonds is 7. The molecular formula is C12H15N5O4. The zero-order valence-electron chi connectivity index (χ0n) is 11.4. The van der Waals surface area contributed by atoms with Crippen LogP contribution >= 0.6 is 0 Å². The molecule has 9 nitrogen and oxygen atoms in total. The van der Waals surface area contributed by atoms with Gasteiger partial charge in [0.2, 0.25) is 11.9 Å². The molecule has 0 radical (unpaired) electrons. The number of aromatic nitrogens is 3. The molecule has 9 heteroatoms. The fraction of sp³-hybridized carbons (Fsp3) is 0.333. The molecule has 2 aromatic rings. The first kappa shape index (κ1) is 14.6. The first-order valence-electron chi connectivity index (χ1n) is 6.34. The molecule has 0 saturated carbocycles. The molecule has 21 heavy (non-hydrogen) atoms. The molecule has 3 N–H and O–H groups in total. The summed E-state index contributed by atoms with van der Waals surface area (Å²) in [5, 5.41) is 11.4. The Hall–Kier alpha value is -2.84. The standard InChI is InChI=1S/C12H15N5O4/c1-2-21-12-15-11(16-17-12)14-9(18)3-5-13-10(19)8-4-6-20-7-8/h4,6-7H,2-3,5H2,1H3,(H,13,19)(H2,14,15,16,17,18). The number of aromatic amines is 1. The van der Waals surface area contributed by atoms with Crippen molar-refractivity contribution in [3.8, 4) is 6.01 Å². The summed E-state index contributed by atoms with van der Waals surface area (Å²) >= 11 is 0. The predicted molar refractivity (Wildman–Crippen MR) is 71.8 cm³/mol. The van der Waals surface area contributed by atoms with E-state index in [2.05, 4.69) is 25.8 Å². The Morgan fingerprint density at radius 3 is 3.05 bits per heavy atom. The lowest BCUT2D eigenvalue weighted by Gasteiger charge is -2.03. The second-order valence-corrected chi connectivity index (χ2v) is 3.97. The second kappa shape index (κ2) is 7.08. The molecule has 0 spiro atoms. The number of ether oxygens (including phenoxy) is 1. The van der Waals surface area contributed by atoms with Crippen LogP contribution in [0.4, 0.5) is 5.95 Å². The average molecular weight is 293 g/mol. The van der Waals surface area contributed by atoms with E-state index in [-0.39, 0.29) is 36.7 Å². The SMILES string of the molecule is CCOc1n[nH]c(NC(=O)CCNC(=O)c2ccoc2)n1. The van der Waals surface area contributed by atoms with E-state index in [0.717, 1.165) is 0 Å². The fourth-order valence-electron chi connectivity index (χ4n) is 1.48. The minimum absolute atomic E-state index is 0.105. The first-order chi connectivity index (χ1) is 10.2. The quantitative estimate of drug-likeness (QED) is 0.685. The zero-order valence-corrected chi connectivity index (χ0v) is 11.4. The first-order valence-corrected chi connectivity index (χ1v) is 6.34. The molecule has 112 valence electrons. The van der Waals surface area contributed by atoms with Crippen LogP contribution in [-0.2, 0) is 4.79 Å². The smallest absolute Gasteiger partial charge is 0.337 e. The highest BCUT2D eigenvalue weighted by atomic mass is 16.5. The Labute approximate surface area is 120 Å². The van der Waals surface area contributed by atoms with Crippen molar-refractivity contribution >= 4 is 17.8 Å². The number of amides is 2. The Bertz CT molecular complexity index is 593. The van der Waals surface area contributed by atoms with Crippen molar-refractivity contribution in [2.24, 2.45) is 0 Å². The van der Waals surface area contributed by atoms with Gasteiger partial charge >= 0.3 is 6.01 Å². The monoisotopic (exact) mass is 293 g/mol. The van der Waals surface area contributed by atoms with E-state index < -0.39 is 0 Å². The summed E-state index contributed by atoms with van der Waals surface area (Å²) < 4.78 is 9.84. The number of nitrogens with zero attached hydrogens (tertiary/aromatic N) is 2. The van der Waals surface area contributed by atoms with E-state index >= 15 is 0 Å². The molecule has 0 aliphatic heterocycles. The maximum Gasteiger partial charge on any atom is 0.337 e. The zero-order chi connectivity index (χ0) is 15.1. The van der Waals surface area contributed by atoms with Crippen molar-refractivity contribution in [2.45, 2.75) is 13.3 Å². The summed E-state index contributed by atoms with van der Waals surface area (Å²) in [6, 6.07) is 1.71. The molecule has 0 atom stereocenters. The van der Waals surface area contributed by atoms with Gasteiger partial charge in [-0.1, -0.05) is 0 Å². The topological polar surface area (TPSA) is 122 Å². The van der Waals surface area contributed by atoms with Gasteiger partial charge < -0.3 is 14.5 Å². The van der Waals surface area contributed by atoms with E-state index in [1.54, 1.807) is 13.0 Å². The van der Waals surface area contributed by atoms with Crippen LogP contribution in [-0.4, -0.2) is 40.1 Å². The second-order valence-electron chi connectivity index (χ2n) is 3.97. The van der Waals surface area contributed by atoms with Gasteiger partial charge in [0.15, 0.2) is 0 Å². The predicted octanol–water partition coefficient (Wildman–Crippen LogP) is 0.555. The lowest BCUT2D eigenvalue weighted by atomic mass is 10.3. The molecule has 0 aliphatic rings. The maximum atomic E-state index is 11.6.